The van der Waals surface area contributed by atoms with Gasteiger partial charge < -0.3 is 5.32 Å². The van der Waals surface area contributed by atoms with Crippen molar-refractivity contribution in [2.75, 3.05) is 18.9 Å². The third kappa shape index (κ3) is 5.47. The quantitative estimate of drug-likeness (QED) is 0.590. The number of nitrogens with zero attached hydrogens (tertiary/aromatic N) is 3. The molecule has 0 bridgehead atoms. The summed E-state index contributed by atoms with van der Waals surface area (Å²) in [5, 5.41) is 12.0. The van der Waals surface area contributed by atoms with E-state index in [1.54, 1.807) is 30.3 Å². The predicted molar refractivity (Wildman–Crippen MR) is 114 cm³/mol. The van der Waals surface area contributed by atoms with Crippen LogP contribution in [-0.4, -0.2) is 42.4 Å². The standard InChI is InChI=1S/C20H22N4O3S2/c1-15-10-12-16(13-11-15)19-22-23-20(28-19)21-18(25)9-6-14-24(2)29(26,27)17-7-4-3-5-8-17/h3-5,7-8,10-13H,6,9,14H2,1-2H3,(H,21,23,25). The summed E-state index contributed by atoms with van der Waals surface area (Å²) in [5.74, 6) is -0.220. The van der Waals surface area contributed by atoms with Crippen LogP contribution in [0.3, 0.4) is 0 Å². The first-order valence-electron chi connectivity index (χ1n) is 9.08. The number of carbonyl (C=O) groups is 1. The molecule has 1 N–H and O–H groups in total. The molecule has 0 saturated heterocycles. The fourth-order valence-electron chi connectivity index (χ4n) is 2.62. The van der Waals surface area contributed by atoms with E-state index in [1.807, 2.05) is 31.2 Å². The van der Waals surface area contributed by atoms with Crippen LogP contribution in [0.25, 0.3) is 10.6 Å². The number of anilines is 1. The van der Waals surface area contributed by atoms with Gasteiger partial charge in [0.25, 0.3) is 0 Å². The summed E-state index contributed by atoms with van der Waals surface area (Å²) < 4.78 is 26.2. The molecule has 9 heteroatoms. The van der Waals surface area contributed by atoms with Gasteiger partial charge in [-0.2, -0.15) is 0 Å². The van der Waals surface area contributed by atoms with Gasteiger partial charge in [-0.25, -0.2) is 12.7 Å². The number of rotatable bonds is 8. The minimum absolute atomic E-state index is 0.189. The highest BCUT2D eigenvalue weighted by atomic mass is 32.2. The number of sulfonamides is 1. The number of hydrogen-bond donors (Lipinski definition) is 1. The summed E-state index contributed by atoms with van der Waals surface area (Å²) in [5.41, 5.74) is 2.10. The zero-order valence-electron chi connectivity index (χ0n) is 16.2. The van der Waals surface area contributed by atoms with Crippen molar-refractivity contribution in [3.05, 3.63) is 60.2 Å². The molecule has 0 radical (unpaired) electrons. The Labute approximate surface area is 174 Å². The Morgan fingerprint density at radius 1 is 1.07 bits per heavy atom. The van der Waals surface area contributed by atoms with Gasteiger partial charge in [-0.05, 0) is 25.5 Å². The number of benzene rings is 2. The van der Waals surface area contributed by atoms with Gasteiger partial charge in [0.05, 0.1) is 4.90 Å². The molecule has 1 aromatic heterocycles. The molecule has 1 amide bonds. The molecule has 0 aliphatic carbocycles. The fraction of sp³-hybridized carbons (Fsp3) is 0.250. The molecule has 1 heterocycles. The maximum absolute atomic E-state index is 12.5. The Hall–Kier alpha value is -2.62. The Bertz CT molecular complexity index is 1060. The van der Waals surface area contributed by atoms with E-state index in [-0.39, 0.29) is 23.8 Å². The Kier molecular flexibility index (Phi) is 6.73. The molecule has 0 fully saturated rings. The van der Waals surface area contributed by atoms with E-state index in [9.17, 15) is 13.2 Å². The zero-order chi connectivity index (χ0) is 20.9. The Morgan fingerprint density at radius 2 is 1.76 bits per heavy atom. The first kappa shape index (κ1) is 21.1. The van der Waals surface area contributed by atoms with E-state index in [4.69, 9.17) is 0 Å². The lowest BCUT2D eigenvalue weighted by atomic mass is 10.2. The Morgan fingerprint density at radius 3 is 2.45 bits per heavy atom. The van der Waals surface area contributed by atoms with E-state index >= 15 is 0 Å². The lowest BCUT2D eigenvalue weighted by Crippen LogP contribution is -2.28. The fourth-order valence-corrected chi connectivity index (χ4v) is 4.62. The second-order valence-electron chi connectivity index (χ2n) is 6.57. The van der Waals surface area contributed by atoms with Crippen molar-refractivity contribution in [3.8, 4) is 10.6 Å². The Balaban J connectivity index is 1.50. The van der Waals surface area contributed by atoms with Crippen LogP contribution < -0.4 is 5.32 Å². The van der Waals surface area contributed by atoms with Crippen LogP contribution in [0.5, 0.6) is 0 Å². The molecule has 3 aromatic rings. The van der Waals surface area contributed by atoms with Gasteiger partial charge in [-0.15, -0.1) is 10.2 Å². The van der Waals surface area contributed by atoms with Crippen molar-refractivity contribution >= 4 is 32.4 Å². The molecule has 3 rings (SSSR count). The first-order valence-corrected chi connectivity index (χ1v) is 11.3. The summed E-state index contributed by atoms with van der Waals surface area (Å²) in [6.45, 7) is 2.26. The number of nitrogens with one attached hydrogen (secondary N) is 1. The SMILES string of the molecule is Cc1ccc(-c2nnc(NC(=O)CCCN(C)S(=O)(=O)c3ccccc3)s2)cc1. The van der Waals surface area contributed by atoms with E-state index in [2.05, 4.69) is 15.5 Å². The number of carbonyl (C=O) groups excluding carboxylic acids is 1. The van der Waals surface area contributed by atoms with Gasteiger partial charge >= 0.3 is 0 Å². The topological polar surface area (TPSA) is 92.3 Å². The number of amides is 1. The van der Waals surface area contributed by atoms with Gasteiger partial charge in [0.15, 0.2) is 0 Å². The van der Waals surface area contributed by atoms with Crippen LogP contribution in [-0.2, 0) is 14.8 Å². The summed E-state index contributed by atoms with van der Waals surface area (Å²) in [4.78, 5) is 12.4. The van der Waals surface area contributed by atoms with Crippen molar-refractivity contribution in [1.29, 1.82) is 0 Å². The summed E-state index contributed by atoms with van der Waals surface area (Å²) in [6, 6.07) is 16.2. The lowest BCUT2D eigenvalue weighted by molar-refractivity contribution is -0.116. The average molecular weight is 431 g/mol. The normalized spacial score (nSPS) is 11.6. The van der Waals surface area contributed by atoms with Crippen molar-refractivity contribution in [3.63, 3.8) is 0 Å². The number of aryl methyl sites for hydroxylation is 1. The van der Waals surface area contributed by atoms with Gasteiger partial charge in [0.2, 0.25) is 21.1 Å². The smallest absolute Gasteiger partial charge is 0.242 e. The first-order chi connectivity index (χ1) is 13.9. The molecule has 0 unspecified atom stereocenters. The second kappa shape index (κ2) is 9.25. The van der Waals surface area contributed by atoms with Crippen molar-refractivity contribution in [2.45, 2.75) is 24.7 Å². The van der Waals surface area contributed by atoms with E-state index in [1.165, 1.54) is 22.7 Å². The predicted octanol–water partition coefficient (Wildman–Crippen LogP) is 3.55. The second-order valence-corrected chi connectivity index (χ2v) is 9.59. The maximum atomic E-state index is 12.5. The lowest BCUT2D eigenvalue weighted by Gasteiger charge is -2.16. The third-order valence-electron chi connectivity index (χ3n) is 4.30. The minimum Gasteiger partial charge on any atom is -0.301 e. The highest BCUT2D eigenvalue weighted by Gasteiger charge is 2.20. The summed E-state index contributed by atoms with van der Waals surface area (Å²) in [7, 11) is -2.03. The molecule has 29 heavy (non-hydrogen) atoms. The molecule has 0 spiro atoms. The molecule has 0 atom stereocenters. The molecule has 0 aliphatic rings. The summed E-state index contributed by atoms with van der Waals surface area (Å²) in [6.07, 6.45) is 0.589. The van der Waals surface area contributed by atoms with E-state index in [0.717, 1.165) is 16.1 Å². The monoisotopic (exact) mass is 430 g/mol. The number of aromatic nitrogens is 2. The van der Waals surface area contributed by atoms with Crippen LogP contribution >= 0.6 is 11.3 Å². The minimum atomic E-state index is -3.54. The molecule has 2 aromatic carbocycles. The molecular formula is C20H22N4O3S2. The maximum Gasteiger partial charge on any atom is 0.242 e. The van der Waals surface area contributed by atoms with Gasteiger partial charge in [0, 0.05) is 25.6 Å². The van der Waals surface area contributed by atoms with Crippen LogP contribution in [0.2, 0.25) is 0 Å². The van der Waals surface area contributed by atoms with Crippen molar-refractivity contribution in [2.24, 2.45) is 0 Å². The van der Waals surface area contributed by atoms with E-state index in [0.29, 0.717) is 11.6 Å². The highest BCUT2D eigenvalue weighted by Crippen LogP contribution is 2.26. The van der Waals surface area contributed by atoms with Gasteiger partial charge in [0.1, 0.15) is 5.01 Å². The van der Waals surface area contributed by atoms with Crippen molar-refractivity contribution < 1.29 is 13.2 Å². The largest absolute Gasteiger partial charge is 0.301 e. The van der Waals surface area contributed by atoms with E-state index < -0.39 is 10.0 Å². The van der Waals surface area contributed by atoms with Gasteiger partial charge in [-0.1, -0.05) is 59.4 Å². The molecular weight excluding hydrogens is 408 g/mol. The molecule has 7 nitrogen and oxygen atoms in total. The van der Waals surface area contributed by atoms with Crippen LogP contribution in [0, 0.1) is 6.92 Å². The molecule has 0 aliphatic heterocycles. The third-order valence-corrected chi connectivity index (χ3v) is 7.06. The molecule has 152 valence electrons. The average Bonchev–Trinajstić information content (AvgIpc) is 3.17. The number of hydrogen-bond acceptors (Lipinski definition) is 6. The highest BCUT2D eigenvalue weighted by molar-refractivity contribution is 7.89. The van der Waals surface area contributed by atoms with Crippen LogP contribution in [0.1, 0.15) is 18.4 Å². The van der Waals surface area contributed by atoms with Crippen LogP contribution in [0.4, 0.5) is 5.13 Å². The van der Waals surface area contributed by atoms with Crippen molar-refractivity contribution in [1.82, 2.24) is 14.5 Å². The van der Waals surface area contributed by atoms with Gasteiger partial charge in [-0.3, -0.25) is 4.79 Å². The zero-order valence-corrected chi connectivity index (χ0v) is 17.8. The summed E-state index contributed by atoms with van der Waals surface area (Å²) >= 11 is 1.30. The molecule has 0 saturated carbocycles. The van der Waals surface area contributed by atoms with Crippen LogP contribution in [0.15, 0.2) is 59.5 Å².